The van der Waals surface area contributed by atoms with Gasteiger partial charge in [-0.3, -0.25) is 4.79 Å². The fourth-order valence-corrected chi connectivity index (χ4v) is 8.77. The zero-order valence-electron chi connectivity index (χ0n) is 22.4. The molecule has 1 heterocycles. The molecule has 3 aliphatic carbocycles. The predicted octanol–water partition coefficient (Wildman–Crippen LogP) is 6.32. The Balaban J connectivity index is 1.35. The summed E-state index contributed by atoms with van der Waals surface area (Å²) in [6.07, 6.45) is 8.38. The molecule has 0 saturated heterocycles. The van der Waals surface area contributed by atoms with Crippen LogP contribution in [0.4, 0.5) is 8.78 Å². The number of carbonyl (C=O) groups excluding carboxylic acids is 1. The maximum atomic E-state index is 14.1. The fourth-order valence-electron chi connectivity index (χ4n) is 8.77. The van der Waals surface area contributed by atoms with Crippen molar-refractivity contribution in [2.24, 2.45) is 40.4 Å². The van der Waals surface area contributed by atoms with Crippen molar-refractivity contribution in [1.29, 1.82) is 0 Å². The Kier molecular flexibility index (Phi) is 6.33. The number of hydrogen-bond donors (Lipinski definition) is 1. The number of Topliss-reactive ketones (excluding diaryl/α,β-unsaturated/α-hetero) is 1. The van der Waals surface area contributed by atoms with Gasteiger partial charge in [-0.05, 0) is 98.5 Å². The summed E-state index contributed by atoms with van der Waals surface area (Å²) < 4.78 is 27.7. The lowest BCUT2D eigenvalue weighted by molar-refractivity contribution is -0.160. The van der Waals surface area contributed by atoms with Gasteiger partial charge in [-0.1, -0.05) is 34.1 Å². The van der Waals surface area contributed by atoms with Crippen molar-refractivity contribution >= 4 is 16.8 Å². The minimum absolute atomic E-state index is 0.0358. The van der Waals surface area contributed by atoms with Crippen LogP contribution >= 0.6 is 0 Å². The molecule has 3 aliphatic rings. The topological polar surface area (TPSA) is 68.0 Å². The third-order valence-corrected chi connectivity index (χ3v) is 11.1. The summed E-state index contributed by atoms with van der Waals surface area (Å²) in [5, 5.41) is 19.1. The Labute approximate surface area is 213 Å². The largest absolute Gasteiger partial charge is 0.390 e. The van der Waals surface area contributed by atoms with E-state index in [0.29, 0.717) is 23.7 Å². The summed E-state index contributed by atoms with van der Waals surface area (Å²) in [6.45, 7) is 11.0. The molecule has 1 aromatic heterocycles. The number of nitrogens with zero attached hydrogens (tertiary/aromatic N) is 3. The maximum Gasteiger partial charge on any atom is 0.188 e. The van der Waals surface area contributed by atoms with Crippen molar-refractivity contribution in [3.63, 3.8) is 0 Å². The third-order valence-electron chi connectivity index (χ3n) is 11.1. The molecular weight excluding hydrogens is 460 g/mol. The van der Waals surface area contributed by atoms with E-state index in [2.05, 4.69) is 31.0 Å². The number of ketones is 1. The van der Waals surface area contributed by atoms with E-state index >= 15 is 0 Å². The number of hydrogen-bond acceptors (Lipinski definition) is 4. The average Bonchev–Trinajstić information content (AvgIpc) is 3.24. The summed E-state index contributed by atoms with van der Waals surface area (Å²) in [6, 6.07) is 2.43. The van der Waals surface area contributed by atoms with Crippen LogP contribution in [0.5, 0.6) is 0 Å². The van der Waals surface area contributed by atoms with Gasteiger partial charge >= 0.3 is 0 Å². The van der Waals surface area contributed by atoms with Gasteiger partial charge in [0, 0.05) is 5.92 Å². The lowest BCUT2D eigenvalue weighted by atomic mass is 9.42. The molecule has 36 heavy (non-hydrogen) atoms. The van der Waals surface area contributed by atoms with E-state index in [1.165, 1.54) is 17.3 Å². The van der Waals surface area contributed by atoms with E-state index in [1.807, 2.05) is 13.8 Å². The van der Waals surface area contributed by atoms with Gasteiger partial charge in [-0.15, -0.1) is 5.10 Å². The zero-order chi connectivity index (χ0) is 26.0. The van der Waals surface area contributed by atoms with Gasteiger partial charge in [-0.2, -0.15) is 9.90 Å². The summed E-state index contributed by atoms with van der Waals surface area (Å²) in [5.74, 6) is 0.138. The van der Waals surface area contributed by atoms with Crippen LogP contribution in [-0.4, -0.2) is 31.5 Å². The normalized spacial score (nSPS) is 39.4. The van der Waals surface area contributed by atoms with Crippen LogP contribution in [0.15, 0.2) is 12.1 Å². The Morgan fingerprint density at radius 3 is 2.61 bits per heavy atom. The van der Waals surface area contributed by atoms with E-state index < -0.39 is 17.2 Å². The van der Waals surface area contributed by atoms with Gasteiger partial charge in [0.25, 0.3) is 0 Å². The first kappa shape index (κ1) is 25.7. The van der Waals surface area contributed by atoms with Crippen LogP contribution < -0.4 is 0 Å². The van der Waals surface area contributed by atoms with Crippen LogP contribution in [0.3, 0.4) is 0 Å². The highest BCUT2D eigenvalue weighted by molar-refractivity contribution is 5.82. The molecule has 0 unspecified atom stereocenters. The van der Waals surface area contributed by atoms with E-state index in [-0.39, 0.29) is 40.1 Å². The maximum absolute atomic E-state index is 14.1. The average molecular weight is 502 g/mol. The van der Waals surface area contributed by atoms with Crippen LogP contribution in [0.25, 0.3) is 11.0 Å². The number of aliphatic hydroxyl groups is 1. The lowest BCUT2D eigenvalue weighted by Crippen LogP contribution is -2.57. The van der Waals surface area contributed by atoms with Crippen LogP contribution in [0, 0.1) is 52.1 Å². The molecule has 3 fully saturated rings. The first-order chi connectivity index (χ1) is 16.9. The van der Waals surface area contributed by atoms with Crippen molar-refractivity contribution in [3.05, 3.63) is 23.8 Å². The molecular formula is C29H41F2N3O2. The van der Waals surface area contributed by atoms with Gasteiger partial charge in [0.2, 0.25) is 0 Å². The van der Waals surface area contributed by atoms with Gasteiger partial charge in [0.1, 0.15) is 12.1 Å². The van der Waals surface area contributed by atoms with E-state index in [1.54, 1.807) is 0 Å². The molecule has 5 nitrogen and oxygen atoms in total. The van der Waals surface area contributed by atoms with Crippen molar-refractivity contribution in [2.75, 3.05) is 0 Å². The first-order valence-electron chi connectivity index (χ1n) is 13.8. The number of aromatic nitrogens is 3. The highest BCUT2D eigenvalue weighted by atomic mass is 19.2. The highest BCUT2D eigenvalue weighted by Crippen LogP contribution is 2.65. The smallest absolute Gasteiger partial charge is 0.188 e. The molecule has 1 N–H and O–H groups in total. The van der Waals surface area contributed by atoms with Crippen LogP contribution in [0.2, 0.25) is 0 Å². The van der Waals surface area contributed by atoms with Gasteiger partial charge in [0.15, 0.2) is 22.9 Å². The number of rotatable bonds is 5. The number of fused-ring (bicyclic) bond motifs is 4. The third kappa shape index (κ3) is 4.00. The molecule has 3 saturated carbocycles. The standard InChI is InChI=1S/C29H41F2N3O2/c1-6-20-19-8-7-18-15-27(3,36)13-14-29(18,5)21(19)11-12-28(20,4)17(2)24(35)16-34-32-23-10-9-22(30)25(31)26(23)33-34/h9-10,17-21,36H,6-8,11-16H2,1-5H3/t17-,18+,19+,20+,21+,27-,28-,29+/m1/s1. The SMILES string of the molecule is CC[C@H]1[C@@H]2CC[C@H]3C[C@](C)(O)CC[C@]3(C)[C@H]2CC[C@]1(C)[C@H](C)C(=O)Cn1nc2ccc(F)c(F)c2n1. The molecule has 5 rings (SSSR count). The Bertz CT molecular complexity index is 1160. The van der Waals surface area contributed by atoms with E-state index in [4.69, 9.17) is 0 Å². The minimum Gasteiger partial charge on any atom is -0.390 e. The van der Waals surface area contributed by atoms with Crippen molar-refractivity contribution in [3.8, 4) is 0 Å². The summed E-state index contributed by atoms with van der Waals surface area (Å²) in [7, 11) is 0. The Morgan fingerprint density at radius 1 is 1.14 bits per heavy atom. The van der Waals surface area contributed by atoms with Crippen molar-refractivity contribution in [2.45, 2.75) is 98.1 Å². The lowest BCUT2D eigenvalue weighted by Gasteiger charge is -2.63. The Hall–Kier alpha value is -1.89. The summed E-state index contributed by atoms with van der Waals surface area (Å²) in [4.78, 5) is 14.8. The second-order valence-electron chi connectivity index (χ2n) is 13.0. The van der Waals surface area contributed by atoms with E-state index in [0.717, 1.165) is 51.0 Å². The molecule has 7 heteroatoms. The summed E-state index contributed by atoms with van der Waals surface area (Å²) in [5.41, 5.74) is -0.272. The number of halogens is 2. The zero-order valence-corrected chi connectivity index (χ0v) is 22.4. The summed E-state index contributed by atoms with van der Waals surface area (Å²) >= 11 is 0. The monoisotopic (exact) mass is 501 g/mol. The minimum atomic E-state index is -1.02. The molecule has 0 spiro atoms. The number of carbonyl (C=O) groups is 1. The quantitative estimate of drug-likeness (QED) is 0.520. The number of benzene rings is 1. The second-order valence-corrected chi connectivity index (χ2v) is 13.0. The predicted molar refractivity (Wildman–Crippen MR) is 135 cm³/mol. The first-order valence-corrected chi connectivity index (χ1v) is 13.8. The van der Waals surface area contributed by atoms with Crippen LogP contribution in [-0.2, 0) is 11.3 Å². The highest BCUT2D eigenvalue weighted by Gasteiger charge is 2.59. The molecule has 8 atom stereocenters. The molecule has 2 aromatic rings. The van der Waals surface area contributed by atoms with Gasteiger partial charge in [0.05, 0.1) is 5.60 Å². The van der Waals surface area contributed by atoms with Gasteiger partial charge in [-0.25, -0.2) is 8.78 Å². The molecule has 0 aliphatic heterocycles. The van der Waals surface area contributed by atoms with Gasteiger partial charge < -0.3 is 5.11 Å². The van der Waals surface area contributed by atoms with Crippen molar-refractivity contribution in [1.82, 2.24) is 15.0 Å². The molecule has 0 radical (unpaired) electrons. The molecule has 0 bridgehead atoms. The fraction of sp³-hybridized carbons (Fsp3) is 0.759. The van der Waals surface area contributed by atoms with Crippen LogP contribution in [0.1, 0.15) is 86.0 Å². The second kappa shape index (κ2) is 8.85. The molecule has 198 valence electrons. The van der Waals surface area contributed by atoms with Crippen molar-refractivity contribution < 1.29 is 18.7 Å². The molecule has 0 amide bonds. The van der Waals surface area contributed by atoms with E-state index in [9.17, 15) is 18.7 Å². The Morgan fingerprint density at radius 2 is 1.89 bits per heavy atom. The molecule has 1 aromatic carbocycles.